The van der Waals surface area contributed by atoms with E-state index in [0.717, 1.165) is 16.1 Å². The molecule has 3 rings (SSSR count). The summed E-state index contributed by atoms with van der Waals surface area (Å²) in [7, 11) is 0. The molecule has 2 aliphatic carbocycles. The number of hydrogen-bond donors (Lipinski definition) is 1. The van der Waals surface area contributed by atoms with Crippen LogP contribution in [0.4, 0.5) is 4.79 Å². The molecule has 2 aliphatic rings. The Morgan fingerprint density at radius 2 is 1.55 bits per heavy atom. The van der Waals surface area contributed by atoms with Crippen molar-refractivity contribution in [2.75, 3.05) is 6.54 Å². The number of amides is 1. The molecular formula is C26H31FeNO4S+2. The number of rotatable bonds is 6. The van der Waals surface area contributed by atoms with Crippen molar-refractivity contribution >= 4 is 23.8 Å². The minimum absolute atomic E-state index is 0. The molecular weight excluding hydrogens is 478 g/mol. The summed E-state index contributed by atoms with van der Waals surface area (Å²) >= 11 is 1.59. The van der Waals surface area contributed by atoms with Gasteiger partial charge in [-0.3, -0.25) is 4.79 Å². The molecule has 1 N–H and O–H groups in total. The number of esters is 1. The summed E-state index contributed by atoms with van der Waals surface area (Å²) in [6.45, 7) is 8.93. The van der Waals surface area contributed by atoms with Crippen molar-refractivity contribution in [2.45, 2.75) is 51.2 Å². The molecule has 10 radical (unpaired) electrons. The van der Waals surface area contributed by atoms with Gasteiger partial charge in [-0.2, -0.15) is 0 Å². The second kappa shape index (κ2) is 15.0. The SMILES string of the molecule is CC(=O)O[C@@H](CNC(=O)OC(C)(C)C)[C]1[CH][CH][CH][C]1Sc1ccc(C)cc1.[CH]1[CH][CH][CH][CH]1.[Fe+2]. The molecule has 1 aromatic rings. The summed E-state index contributed by atoms with van der Waals surface area (Å²) in [4.78, 5) is 24.6. The average molecular weight is 509 g/mol. The van der Waals surface area contributed by atoms with E-state index in [-0.39, 0.29) is 23.6 Å². The third-order valence-electron chi connectivity index (χ3n) is 4.10. The minimum atomic E-state index is -0.590. The van der Waals surface area contributed by atoms with E-state index in [1.807, 2.05) is 58.3 Å². The molecule has 5 nitrogen and oxygen atoms in total. The summed E-state index contributed by atoms with van der Waals surface area (Å²) in [5.74, 6) is 0.449. The summed E-state index contributed by atoms with van der Waals surface area (Å²) in [6.07, 6.45) is 14.7. The number of carbonyl (C=O) groups is 2. The van der Waals surface area contributed by atoms with Crippen molar-refractivity contribution in [1.29, 1.82) is 0 Å². The predicted molar refractivity (Wildman–Crippen MR) is 128 cm³/mol. The molecule has 176 valence electrons. The van der Waals surface area contributed by atoms with Gasteiger partial charge in [0.1, 0.15) is 11.7 Å². The fourth-order valence-corrected chi connectivity index (χ4v) is 3.73. The molecule has 0 aliphatic heterocycles. The number of nitrogens with one attached hydrogen (secondary N) is 1. The molecule has 0 saturated heterocycles. The first kappa shape index (κ1) is 29.9. The second-order valence-corrected chi connectivity index (χ2v) is 9.32. The van der Waals surface area contributed by atoms with Crippen LogP contribution < -0.4 is 5.32 Å². The Morgan fingerprint density at radius 3 is 2.06 bits per heavy atom. The molecule has 1 aromatic carbocycles. The second-order valence-electron chi connectivity index (χ2n) is 8.20. The van der Waals surface area contributed by atoms with Crippen LogP contribution in [0.15, 0.2) is 29.2 Å². The first-order valence-electron chi connectivity index (χ1n) is 10.4. The normalized spacial score (nSPS) is 17.4. The maximum Gasteiger partial charge on any atom is 2.00 e. The summed E-state index contributed by atoms with van der Waals surface area (Å²) in [5.41, 5.74) is 0.606. The Bertz CT molecular complexity index is 708. The Balaban J connectivity index is 0.000000799. The predicted octanol–water partition coefficient (Wildman–Crippen LogP) is 5.30. The van der Waals surface area contributed by atoms with Gasteiger partial charge in [-0.15, -0.1) is 11.8 Å². The molecule has 0 aromatic heterocycles. The van der Waals surface area contributed by atoms with Crippen molar-refractivity contribution in [1.82, 2.24) is 5.32 Å². The molecule has 0 spiro atoms. The van der Waals surface area contributed by atoms with Gasteiger partial charge in [-0.1, -0.05) is 17.7 Å². The number of benzene rings is 1. The van der Waals surface area contributed by atoms with Gasteiger partial charge < -0.3 is 14.8 Å². The number of thioether (sulfide) groups is 1. The zero-order valence-corrected chi connectivity index (χ0v) is 21.5. The molecule has 0 unspecified atom stereocenters. The summed E-state index contributed by atoms with van der Waals surface area (Å²) in [5, 5.41) is 3.67. The molecule has 7 heteroatoms. The fourth-order valence-electron chi connectivity index (χ4n) is 2.74. The molecule has 33 heavy (non-hydrogen) atoms. The van der Waals surface area contributed by atoms with Gasteiger partial charge >= 0.3 is 29.1 Å². The smallest absolute Gasteiger partial charge is 0.460 e. The van der Waals surface area contributed by atoms with Crippen LogP contribution in [0.2, 0.25) is 0 Å². The fraction of sp³-hybridized carbons (Fsp3) is 0.308. The van der Waals surface area contributed by atoms with Gasteiger partial charge in [0, 0.05) is 17.7 Å². The topological polar surface area (TPSA) is 64.6 Å². The maximum atomic E-state index is 11.9. The van der Waals surface area contributed by atoms with Crippen molar-refractivity contribution in [2.24, 2.45) is 0 Å². The van der Waals surface area contributed by atoms with E-state index >= 15 is 0 Å². The monoisotopic (exact) mass is 509 g/mol. The molecule has 2 saturated carbocycles. The Kier molecular flexibility index (Phi) is 13.5. The van der Waals surface area contributed by atoms with E-state index in [0.29, 0.717) is 0 Å². The molecule has 2 fully saturated rings. The van der Waals surface area contributed by atoms with Crippen LogP contribution in [-0.4, -0.2) is 30.3 Å². The zero-order chi connectivity index (χ0) is 23.6. The third-order valence-corrected chi connectivity index (χ3v) is 5.20. The van der Waals surface area contributed by atoms with Crippen LogP contribution in [0.5, 0.6) is 0 Å². The number of aryl methyl sites for hydroxylation is 1. The Hall–Kier alpha value is -1.17. The first-order valence-corrected chi connectivity index (χ1v) is 11.3. The van der Waals surface area contributed by atoms with Gasteiger partial charge in [0.25, 0.3) is 0 Å². The molecule has 1 amide bonds. The maximum absolute atomic E-state index is 11.9. The first-order chi connectivity index (χ1) is 15.1. The van der Waals surface area contributed by atoms with Crippen LogP contribution in [0.1, 0.15) is 33.3 Å². The van der Waals surface area contributed by atoms with E-state index in [1.165, 1.54) is 12.5 Å². The molecule has 1 atom stereocenters. The number of hydrogen-bond acceptors (Lipinski definition) is 5. The van der Waals surface area contributed by atoms with Crippen molar-refractivity contribution in [3.05, 3.63) is 92.4 Å². The van der Waals surface area contributed by atoms with Crippen LogP contribution >= 0.6 is 11.8 Å². The number of alkyl carbamates (subject to hydrolysis) is 1. The number of carbonyl (C=O) groups excluding carboxylic acids is 2. The van der Waals surface area contributed by atoms with Crippen molar-refractivity contribution < 1.29 is 36.1 Å². The number of ether oxygens (including phenoxy) is 2. The standard InChI is InChI=1S/C21H26NO4S.C5H5.Fe/c1-14-9-11-16(12-10-14)27-19-8-6-7-17(19)18(25-15(2)23)13-22-20(24)26-21(3,4)5;1-2-4-5-3-1;/h6-12,18H,13H2,1-5H3,(H,22,24);1-5H;/q;;+2/t18-;;/m0../s1. The van der Waals surface area contributed by atoms with Crippen LogP contribution in [-0.2, 0) is 31.3 Å². The van der Waals surface area contributed by atoms with E-state index in [4.69, 9.17) is 9.47 Å². The summed E-state index contributed by atoms with van der Waals surface area (Å²) in [6, 6.07) is 8.21. The van der Waals surface area contributed by atoms with Gasteiger partial charge in [-0.05, 0) is 91.2 Å². The van der Waals surface area contributed by atoms with E-state index in [1.54, 1.807) is 32.5 Å². The van der Waals surface area contributed by atoms with Crippen molar-refractivity contribution in [3.8, 4) is 0 Å². The van der Waals surface area contributed by atoms with E-state index < -0.39 is 23.8 Å². The van der Waals surface area contributed by atoms with Crippen LogP contribution in [0.25, 0.3) is 0 Å². The Morgan fingerprint density at radius 1 is 0.970 bits per heavy atom. The zero-order valence-electron chi connectivity index (χ0n) is 19.6. The van der Waals surface area contributed by atoms with E-state index in [9.17, 15) is 9.59 Å². The van der Waals surface area contributed by atoms with Crippen LogP contribution in [0.3, 0.4) is 0 Å². The average Bonchev–Trinajstić information content (AvgIpc) is 3.40. The van der Waals surface area contributed by atoms with Crippen LogP contribution in [0, 0.1) is 69.5 Å². The van der Waals surface area contributed by atoms with Gasteiger partial charge in [0.15, 0.2) is 0 Å². The summed E-state index contributed by atoms with van der Waals surface area (Å²) < 4.78 is 10.7. The molecule has 0 heterocycles. The molecule has 0 bridgehead atoms. The van der Waals surface area contributed by atoms with E-state index in [2.05, 4.69) is 29.6 Å². The van der Waals surface area contributed by atoms with Gasteiger partial charge in [-0.25, -0.2) is 4.79 Å². The van der Waals surface area contributed by atoms with Crippen molar-refractivity contribution in [3.63, 3.8) is 0 Å². The quantitative estimate of drug-likeness (QED) is 0.417. The van der Waals surface area contributed by atoms with Gasteiger partial charge in [0.2, 0.25) is 0 Å². The Labute approximate surface area is 215 Å². The largest absolute Gasteiger partial charge is 2.00 e. The minimum Gasteiger partial charge on any atom is -0.460 e. The van der Waals surface area contributed by atoms with Gasteiger partial charge in [0.05, 0.1) is 11.8 Å². The third kappa shape index (κ3) is 12.2.